The number of nitrogens with two attached hydrogens (primary N) is 1. The molecule has 0 aliphatic carbocycles. The van der Waals surface area contributed by atoms with E-state index in [0.29, 0.717) is 18.6 Å². The number of rotatable bonds is 13. The third-order valence-corrected chi connectivity index (χ3v) is 5.00. The molecule has 0 spiro atoms. The third kappa shape index (κ3) is 9.61. The van der Waals surface area contributed by atoms with Gasteiger partial charge in [-0.2, -0.15) is 11.8 Å². The molecule has 3 unspecified atom stereocenters. The summed E-state index contributed by atoms with van der Waals surface area (Å²) in [6.45, 7) is 0.299. The van der Waals surface area contributed by atoms with Gasteiger partial charge in [0, 0.05) is 6.42 Å². The third-order valence-electron chi connectivity index (χ3n) is 4.36. The molecule has 11 nitrogen and oxygen atoms in total. The lowest BCUT2D eigenvalue weighted by Gasteiger charge is -2.20. The summed E-state index contributed by atoms with van der Waals surface area (Å²) in [6, 6.07) is -2.41. The van der Waals surface area contributed by atoms with Gasteiger partial charge in [0.15, 0.2) is 0 Å². The summed E-state index contributed by atoms with van der Waals surface area (Å²) in [4.78, 5) is 58.6. The molecule has 12 heteroatoms. The number of hydrogen-bond donors (Lipinski definition) is 6. The Labute approximate surface area is 173 Å². The molecule has 164 valence electrons. The van der Waals surface area contributed by atoms with Gasteiger partial charge in [-0.05, 0) is 44.2 Å². The number of hydrogen-bond acceptors (Lipinski definition) is 7. The fourth-order valence-electron chi connectivity index (χ4n) is 2.77. The summed E-state index contributed by atoms with van der Waals surface area (Å²) in [5.74, 6) is -2.85. The first kappa shape index (κ1) is 24.7. The van der Waals surface area contributed by atoms with Crippen LogP contribution in [0, 0.1) is 0 Å². The van der Waals surface area contributed by atoms with Crippen molar-refractivity contribution in [3.05, 3.63) is 0 Å². The van der Waals surface area contributed by atoms with Gasteiger partial charge in [-0.25, -0.2) is 4.79 Å². The number of primary amides is 1. The molecular formula is C17H29N5O6S. The number of nitrogens with one attached hydrogen (secondary N) is 4. The van der Waals surface area contributed by atoms with E-state index in [1.165, 1.54) is 11.8 Å². The van der Waals surface area contributed by atoms with Crippen LogP contribution in [0.4, 0.5) is 0 Å². The first-order valence-electron chi connectivity index (χ1n) is 9.35. The molecule has 1 saturated heterocycles. The molecule has 7 N–H and O–H groups in total. The Balaban J connectivity index is 2.54. The van der Waals surface area contributed by atoms with Crippen molar-refractivity contribution in [3.8, 4) is 0 Å². The minimum absolute atomic E-state index is 0.148. The summed E-state index contributed by atoms with van der Waals surface area (Å²) in [5, 5.41) is 19.5. The van der Waals surface area contributed by atoms with Crippen molar-refractivity contribution in [1.82, 2.24) is 21.3 Å². The zero-order valence-corrected chi connectivity index (χ0v) is 17.2. The fourth-order valence-corrected chi connectivity index (χ4v) is 3.24. The second kappa shape index (κ2) is 13.0. The van der Waals surface area contributed by atoms with E-state index in [4.69, 9.17) is 10.8 Å². The van der Waals surface area contributed by atoms with Crippen molar-refractivity contribution < 1.29 is 29.1 Å². The van der Waals surface area contributed by atoms with Crippen molar-refractivity contribution in [3.63, 3.8) is 0 Å². The summed E-state index contributed by atoms with van der Waals surface area (Å²) in [5.41, 5.74) is 4.99. The summed E-state index contributed by atoms with van der Waals surface area (Å²) < 4.78 is 0. The minimum Gasteiger partial charge on any atom is -0.480 e. The van der Waals surface area contributed by atoms with Gasteiger partial charge in [0.05, 0.1) is 12.6 Å². The standard InChI is InChI=1S/C17H29N5O6S/c1-29-8-6-11(22-16(26)10-3-2-7-19-10)15(25)20-9-14(24)21-12(17(27)28)4-5-13(18)23/h10-12,19H,2-9H2,1H3,(H2,18,23)(H,20,25)(H,21,24)(H,22,26)(H,27,28). The van der Waals surface area contributed by atoms with Crippen LogP contribution >= 0.6 is 11.8 Å². The van der Waals surface area contributed by atoms with E-state index < -0.39 is 42.3 Å². The van der Waals surface area contributed by atoms with Gasteiger partial charge >= 0.3 is 5.97 Å². The number of thioether (sulfide) groups is 1. The number of carboxylic acids is 1. The van der Waals surface area contributed by atoms with E-state index in [2.05, 4.69) is 21.3 Å². The van der Waals surface area contributed by atoms with Crippen molar-refractivity contribution in [2.45, 2.75) is 50.2 Å². The molecule has 3 atom stereocenters. The quantitative estimate of drug-likeness (QED) is 0.192. The van der Waals surface area contributed by atoms with E-state index in [1.807, 2.05) is 6.26 Å². The highest BCUT2D eigenvalue weighted by Gasteiger charge is 2.27. The molecule has 4 amide bonds. The summed E-state index contributed by atoms with van der Waals surface area (Å²) in [7, 11) is 0. The van der Waals surface area contributed by atoms with Crippen molar-refractivity contribution in [2.75, 3.05) is 25.1 Å². The second-order valence-corrected chi connectivity index (χ2v) is 7.66. The monoisotopic (exact) mass is 431 g/mol. The number of carboxylic acid groups (broad SMARTS) is 1. The normalized spacial score (nSPS) is 17.8. The van der Waals surface area contributed by atoms with E-state index in [-0.39, 0.29) is 24.8 Å². The smallest absolute Gasteiger partial charge is 0.326 e. The molecule has 1 heterocycles. The number of carbonyl (C=O) groups excluding carboxylic acids is 4. The highest BCUT2D eigenvalue weighted by Crippen LogP contribution is 2.07. The van der Waals surface area contributed by atoms with Crippen LogP contribution in [0.3, 0.4) is 0 Å². The first-order valence-corrected chi connectivity index (χ1v) is 10.7. The van der Waals surface area contributed by atoms with E-state index >= 15 is 0 Å². The van der Waals surface area contributed by atoms with E-state index in [0.717, 1.165) is 13.0 Å². The highest BCUT2D eigenvalue weighted by molar-refractivity contribution is 7.98. The molecule has 0 saturated carbocycles. The summed E-state index contributed by atoms with van der Waals surface area (Å²) in [6.07, 6.45) is 3.52. The van der Waals surface area contributed by atoms with Crippen LogP contribution in [0.15, 0.2) is 0 Å². The largest absolute Gasteiger partial charge is 0.480 e. The predicted molar refractivity (Wildman–Crippen MR) is 107 cm³/mol. The topological polar surface area (TPSA) is 180 Å². The summed E-state index contributed by atoms with van der Waals surface area (Å²) >= 11 is 1.52. The van der Waals surface area contributed by atoms with Gasteiger partial charge in [0.2, 0.25) is 23.6 Å². The van der Waals surface area contributed by atoms with E-state index in [9.17, 15) is 24.0 Å². The molecule has 0 aromatic heterocycles. The maximum absolute atomic E-state index is 12.4. The molecule has 1 aliphatic heterocycles. The Morgan fingerprint density at radius 1 is 1.17 bits per heavy atom. The lowest BCUT2D eigenvalue weighted by atomic mass is 10.1. The Kier molecular flexibility index (Phi) is 11.1. The number of carbonyl (C=O) groups is 5. The number of amides is 4. The van der Waals surface area contributed by atoms with Crippen LogP contribution in [0.5, 0.6) is 0 Å². The average molecular weight is 432 g/mol. The fraction of sp³-hybridized carbons (Fsp3) is 0.706. The maximum atomic E-state index is 12.4. The van der Waals surface area contributed by atoms with Gasteiger partial charge < -0.3 is 32.1 Å². The molecule has 29 heavy (non-hydrogen) atoms. The Bertz CT molecular complexity index is 611. The van der Waals surface area contributed by atoms with Crippen molar-refractivity contribution in [2.24, 2.45) is 5.73 Å². The van der Waals surface area contributed by atoms with Crippen molar-refractivity contribution >= 4 is 41.4 Å². The number of aliphatic carboxylic acids is 1. The molecule has 1 aliphatic rings. The van der Waals surface area contributed by atoms with Crippen LogP contribution in [0.2, 0.25) is 0 Å². The Morgan fingerprint density at radius 3 is 2.45 bits per heavy atom. The zero-order valence-electron chi connectivity index (χ0n) is 16.4. The van der Waals surface area contributed by atoms with Gasteiger partial charge in [0.25, 0.3) is 0 Å². The van der Waals surface area contributed by atoms with Crippen LogP contribution in [-0.4, -0.2) is 77.9 Å². The molecule has 0 bridgehead atoms. The molecule has 0 aromatic carbocycles. The maximum Gasteiger partial charge on any atom is 0.326 e. The van der Waals surface area contributed by atoms with Crippen molar-refractivity contribution in [1.29, 1.82) is 0 Å². The second-order valence-electron chi connectivity index (χ2n) is 6.67. The SMILES string of the molecule is CSCCC(NC(=O)C1CCCN1)C(=O)NCC(=O)NC(CCC(N)=O)C(=O)O. The first-order chi connectivity index (χ1) is 13.7. The van der Waals surface area contributed by atoms with Gasteiger partial charge in [-0.15, -0.1) is 0 Å². The lowest BCUT2D eigenvalue weighted by Crippen LogP contribution is -2.53. The lowest BCUT2D eigenvalue weighted by molar-refractivity contribution is -0.142. The highest BCUT2D eigenvalue weighted by atomic mass is 32.2. The minimum atomic E-state index is -1.31. The Hall–Kier alpha value is -2.34. The molecule has 0 radical (unpaired) electrons. The Morgan fingerprint density at radius 2 is 1.90 bits per heavy atom. The van der Waals surface area contributed by atoms with Gasteiger partial charge in [-0.1, -0.05) is 0 Å². The predicted octanol–water partition coefficient (Wildman–Crippen LogP) is -2.07. The van der Waals surface area contributed by atoms with Crippen LogP contribution < -0.4 is 27.0 Å². The van der Waals surface area contributed by atoms with Gasteiger partial charge in [0.1, 0.15) is 12.1 Å². The molecule has 1 fully saturated rings. The van der Waals surface area contributed by atoms with Crippen LogP contribution in [0.1, 0.15) is 32.1 Å². The molecule has 1 rings (SSSR count). The van der Waals surface area contributed by atoms with Crippen LogP contribution in [-0.2, 0) is 24.0 Å². The average Bonchev–Trinajstić information content (AvgIpc) is 3.20. The zero-order chi connectivity index (χ0) is 21.8. The van der Waals surface area contributed by atoms with Gasteiger partial charge in [-0.3, -0.25) is 19.2 Å². The van der Waals surface area contributed by atoms with E-state index in [1.54, 1.807) is 0 Å². The molecular weight excluding hydrogens is 402 g/mol. The molecule has 0 aromatic rings. The van der Waals surface area contributed by atoms with Crippen LogP contribution in [0.25, 0.3) is 0 Å².